The van der Waals surface area contributed by atoms with E-state index in [0.29, 0.717) is 18.1 Å². The summed E-state index contributed by atoms with van der Waals surface area (Å²) < 4.78 is 4.98. The van der Waals surface area contributed by atoms with Crippen molar-refractivity contribution in [1.29, 1.82) is 0 Å². The number of thiocarbonyl (C=S) groups is 1. The van der Waals surface area contributed by atoms with Crippen LogP contribution in [-0.4, -0.2) is 31.4 Å². The van der Waals surface area contributed by atoms with Crippen LogP contribution in [0.25, 0.3) is 0 Å². The van der Waals surface area contributed by atoms with E-state index in [1.807, 2.05) is 0 Å². The van der Waals surface area contributed by atoms with E-state index in [0.717, 1.165) is 17.6 Å². The molecule has 0 amide bonds. The van der Waals surface area contributed by atoms with Crippen molar-refractivity contribution in [3.05, 3.63) is 0 Å². The molecule has 1 aliphatic carbocycles. The first-order valence-corrected chi connectivity index (χ1v) is 7.37. The summed E-state index contributed by atoms with van der Waals surface area (Å²) in [5.74, 6) is 0.852. The minimum absolute atomic E-state index is 0.447. The Morgan fingerprint density at radius 3 is 2.33 bits per heavy atom. The fourth-order valence-corrected chi connectivity index (χ4v) is 2.88. The summed E-state index contributed by atoms with van der Waals surface area (Å²) in [6.45, 7) is 8.52. The molecule has 0 aromatic rings. The molecule has 4 heteroatoms. The minimum atomic E-state index is 0.447. The molecule has 1 saturated carbocycles. The van der Waals surface area contributed by atoms with Gasteiger partial charge in [-0.15, -0.1) is 0 Å². The molecular formula is C14H28N2OS. The van der Waals surface area contributed by atoms with Gasteiger partial charge in [-0.2, -0.15) is 0 Å². The standard InChI is InChI=1S/C14H28N2OS/c1-14(2,3)11-5-7-12(8-6-11)16-13(18)15-9-10-17-4/h11-12H,5-10H2,1-4H3,(H2,15,16,18). The van der Waals surface area contributed by atoms with Crippen LogP contribution < -0.4 is 10.6 Å². The summed E-state index contributed by atoms with van der Waals surface area (Å²) in [5.41, 5.74) is 0.447. The third kappa shape index (κ3) is 5.53. The van der Waals surface area contributed by atoms with Crippen LogP contribution in [0.15, 0.2) is 0 Å². The highest BCUT2D eigenvalue weighted by Gasteiger charge is 2.29. The SMILES string of the molecule is COCCNC(=S)NC1CCC(C(C)(C)C)CC1. The molecule has 0 spiro atoms. The Bertz CT molecular complexity index is 255. The summed E-state index contributed by atoms with van der Waals surface area (Å²) in [7, 11) is 1.70. The van der Waals surface area contributed by atoms with Gasteiger partial charge in [0.1, 0.15) is 0 Å². The molecule has 0 radical (unpaired) electrons. The largest absolute Gasteiger partial charge is 0.383 e. The van der Waals surface area contributed by atoms with Crippen LogP contribution >= 0.6 is 12.2 Å². The smallest absolute Gasteiger partial charge is 0.166 e. The zero-order valence-electron chi connectivity index (χ0n) is 12.2. The monoisotopic (exact) mass is 272 g/mol. The lowest BCUT2D eigenvalue weighted by Gasteiger charge is -2.37. The maximum atomic E-state index is 5.27. The van der Waals surface area contributed by atoms with Crippen LogP contribution in [0.1, 0.15) is 46.5 Å². The molecule has 0 atom stereocenters. The zero-order valence-corrected chi connectivity index (χ0v) is 13.0. The van der Waals surface area contributed by atoms with Crippen molar-refractivity contribution < 1.29 is 4.74 Å². The van der Waals surface area contributed by atoms with Crippen molar-refractivity contribution in [1.82, 2.24) is 10.6 Å². The van der Waals surface area contributed by atoms with Crippen molar-refractivity contribution in [3.63, 3.8) is 0 Å². The van der Waals surface area contributed by atoms with Gasteiger partial charge in [-0.3, -0.25) is 0 Å². The van der Waals surface area contributed by atoms with E-state index in [4.69, 9.17) is 17.0 Å². The number of nitrogens with one attached hydrogen (secondary N) is 2. The minimum Gasteiger partial charge on any atom is -0.383 e. The third-order valence-corrected chi connectivity index (χ3v) is 4.14. The van der Waals surface area contributed by atoms with E-state index in [9.17, 15) is 0 Å². The number of hydrogen-bond acceptors (Lipinski definition) is 2. The lowest BCUT2D eigenvalue weighted by molar-refractivity contribution is 0.165. The molecule has 1 fully saturated rings. The average molecular weight is 272 g/mol. The van der Waals surface area contributed by atoms with Gasteiger partial charge < -0.3 is 15.4 Å². The molecule has 0 aliphatic heterocycles. The summed E-state index contributed by atoms with van der Waals surface area (Å²) in [6, 6.07) is 0.547. The summed E-state index contributed by atoms with van der Waals surface area (Å²) in [5, 5.41) is 7.35. The van der Waals surface area contributed by atoms with Crippen molar-refractivity contribution >= 4 is 17.3 Å². The lowest BCUT2D eigenvalue weighted by atomic mass is 9.71. The molecule has 0 saturated heterocycles. The van der Waals surface area contributed by atoms with Gasteiger partial charge in [0.15, 0.2) is 5.11 Å². The van der Waals surface area contributed by atoms with Gasteiger partial charge in [-0.25, -0.2) is 0 Å². The Morgan fingerprint density at radius 1 is 1.22 bits per heavy atom. The summed E-state index contributed by atoms with van der Waals surface area (Å²) in [4.78, 5) is 0. The molecule has 3 nitrogen and oxygen atoms in total. The molecule has 0 heterocycles. The van der Waals surface area contributed by atoms with E-state index in [-0.39, 0.29) is 0 Å². The second kappa shape index (κ2) is 7.29. The first-order chi connectivity index (χ1) is 8.43. The van der Waals surface area contributed by atoms with E-state index >= 15 is 0 Å². The van der Waals surface area contributed by atoms with Crippen LogP contribution in [-0.2, 0) is 4.74 Å². The van der Waals surface area contributed by atoms with Crippen molar-refractivity contribution in [3.8, 4) is 0 Å². The highest BCUT2D eigenvalue weighted by molar-refractivity contribution is 7.80. The Balaban J connectivity index is 2.21. The van der Waals surface area contributed by atoms with Crippen LogP contribution in [0.4, 0.5) is 0 Å². The maximum Gasteiger partial charge on any atom is 0.166 e. The van der Waals surface area contributed by atoms with Gasteiger partial charge in [0, 0.05) is 19.7 Å². The molecule has 0 aromatic heterocycles. The summed E-state index contributed by atoms with van der Waals surface area (Å²) in [6.07, 6.45) is 5.08. The average Bonchev–Trinajstić information content (AvgIpc) is 2.29. The molecule has 0 unspecified atom stereocenters. The third-order valence-electron chi connectivity index (χ3n) is 3.88. The fraction of sp³-hybridized carbons (Fsp3) is 0.929. The Hall–Kier alpha value is -0.350. The molecule has 1 rings (SSSR count). The van der Waals surface area contributed by atoms with E-state index in [2.05, 4.69) is 31.4 Å². The maximum absolute atomic E-state index is 5.27. The Morgan fingerprint density at radius 2 is 1.83 bits per heavy atom. The lowest BCUT2D eigenvalue weighted by Crippen LogP contribution is -2.45. The molecule has 106 valence electrons. The van der Waals surface area contributed by atoms with Gasteiger partial charge in [-0.05, 0) is 49.2 Å². The number of hydrogen-bond donors (Lipinski definition) is 2. The topological polar surface area (TPSA) is 33.3 Å². The summed E-state index contributed by atoms with van der Waals surface area (Å²) >= 11 is 5.27. The van der Waals surface area contributed by atoms with E-state index < -0.39 is 0 Å². The van der Waals surface area contributed by atoms with Crippen molar-refractivity contribution in [2.45, 2.75) is 52.5 Å². The van der Waals surface area contributed by atoms with Crippen LogP contribution in [0.3, 0.4) is 0 Å². The first-order valence-electron chi connectivity index (χ1n) is 6.96. The molecule has 18 heavy (non-hydrogen) atoms. The number of ether oxygens (including phenoxy) is 1. The molecular weight excluding hydrogens is 244 g/mol. The van der Waals surface area contributed by atoms with Gasteiger partial charge >= 0.3 is 0 Å². The van der Waals surface area contributed by atoms with Crippen LogP contribution in [0.2, 0.25) is 0 Å². The van der Waals surface area contributed by atoms with Gasteiger partial charge in [0.2, 0.25) is 0 Å². The highest BCUT2D eigenvalue weighted by atomic mass is 32.1. The molecule has 0 aromatic carbocycles. The normalized spacial score (nSPS) is 24.7. The second-order valence-corrected chi connectivity index (χ2v) is 6.72. The van der Waals surface area contributed by atoms with Crippen LogP contribution in [0.5, 0.6) is 0 Å². The Labute approximate surface area is 117 Å². The zero-order chi connectivity index (χ0) is 13.6. The van der Waals surface area contributed by atoms with Crippen LogP contribution in [0, 0.1) is 11.3 Å². The van der Waals surface area contributed by atoms with E-state index in [1.54, 1.807) is 7.11 Å². The van der Waals surface area contributed by atoms with Gasteiger partial charge in [-0.1, -0.05) is 20.8 Å². The molecule has 2 N–H and O–H groups in total. The van der Waals surface area contributed by atoms with E-state index in [1.165, 1.54) is 25.7 Å². The fourth-order valence-electron chi connectivity index (χ4n) is 2.61. The van der Waals surface area contributed by atoms with Crippen molar-refractivity contribution in [2.24, 2.45) is 11.3 Å². The quantitative estimate of drug-likeness (QED) is 0.609. The predicted octanol–water partition coefficient (Wildman–Crippen LogP) is 2.70. The molecule has 0 bridgehead atoms. The van der Waals surface area contributed by atoms with Crippen molar-refractivity contribution in [2.75, 3.05) is 20.3 Å². The Kier molecular flexibility index (Phi) is 6.36. The number of rotatable bonds is 4. The first kappa shape index (κ1) is 15.7. The van der Waals surface area contributed by atoms with Gasteiger partial charge in [0.25, 0.3) is 0 Å². The predicted molar refractivity (Wildman–Crippen MR) is 80.8 cm³/mol. The number of methoxy groups -OCH3 is 1. The van der Waals surface area contributed by atoms with Gasteiger partial charge in [0.05, 0.1) is 6.61 Å². The highest BCUT2D eigenvalue weighted by Crippen LogP contribution is 2.37. The molecule has 1 aliphatic rings. The second-order valence-electron chi connectivity index (χ2n) is 6.31.